The maximum atomic E-state index is 5.87. The molecule has 0 bridgehead atoms. The second-order valence-electron chi connectivity index (χ2n) is 5.50. The Balaban J connectivity index is 2.27. The van der Waals surface area contributed by atoms with Crippen LogP contribution in [0.1, 0.15) is 49.6 Å². The van der Waals surface area contributed by atoms with E-state index in [2.05, 4.69) is 42.5 Å². The molecule has 1 aliphatic rings. The van der Waals surface area contributed by atoms with Crippen LogP contribution in [0.25, 0.3) is 0 Å². The molecule has 2 heterocycles. The van der Waals surface area contributed by atoms with Gasteiger partial charge >= 0.3 is 0 Å². The number of nitrogens with two attached hydrogens (primary N) is 1. The quantitative estimate of drug-likeness (QED) is 0.637. The molecule has 4 heteroatoms. The summed E-state index contributed by atoms with van der Waals surface area (Å²) in [5.41, 5.74) is 4.50. The van der Waals surface area contributed by atoms with E-state index < -0.39 is 0 Å². The standard InChI is InChI=1S/C14H25N3S/c1-4-14(3,17-7-5-6-8-17)13(16-15)12-9-11(2)18-10-12/h9-10,13,16H,4-8,15H2,1-3H3. The van der Waals surface area contributed by atoms with E-state index >= 15 is 0 Å². The van der Waals surface area contributed by atoms with Gasteiger partial charge in [0.25, 0.3) is 0 Å². The number of aryl methyl sites for hydroxylation is 1. The van der Waals surface area contributed by atoms with Crippen LogP contribution in [0.3, 0.4) is 0 Å². The summed E-state index contributed by atoms with van der Waals surface area (Å²) in [6.45, 7) is 9.16. The van der Waals surface area contributed by atoms with Crippen LogP contribution in [0.15, 0.2) is 11.4 Å². The van der Waals surface area contributed by atoms with Gasteiger partial charge in [-0.25, -0.2) is 0 Å². The third kappa shape index (κ3) is 2.48. The Morgan fingerprint density at radius 1 is 1.50 bits per heavy atom. The summed E-state index contributed by atoms with van der Waals surface area (Å²) in [7, 11) is 0. The Labute approximate surface area is 114 Å². The van der Waals surface area contributed by atoms with Crippen LogP contribution >= 0.6 is 11.3 Å². The van der Waals surface area contributed by atoms with E-state index in [4.69, 9.17) is 5.84 Å². The van der Waals surface area contributed by atoms with Gasteiger partial charge in [-0.1, -0.05) is 6.92 Å². The summed E-state index contributed by atoms with van der Waals surface area (Å²) in [4.78, 5) is 3.95. The fourth-order valence-electron chi connectivity index (χ4n) is 3.09. The van der Waals surface area contributed by atoms with Crippen molar-refractivity contribution in [2.24, 2.45) is 5.84 Å². The maximum absolute atomic E-state index is 5.87. The molecular weight excluding hydrogens is 242 g/mol. The van der Waals surface area contributed by atoms with Crippen molar-refractivity contribution in [3.63, 3.8) is 0 Å². The van der Waals surface area contributed by atoms with Crippen LogP contribution in [0.5, 0.6) is 0 Å². The molecule has 0 amide bonds. The van der Waals surface area contributed by atoms with Crippen molar-refractivity contribution >= 4 is 11.3 Å². The first kappa shape index (κ1) is 14.0. The summed E-state index contributed by atoms with van der Waals surface area (Å²) < 4.78 is 0. The number of hydrogen-bond acceptors (Lipinski definition) is 4. The minimum atomic E-state index is 0.110. The van der Waals surface area contributed by atoms with E-state index in [0.29, 0.717) is 0 Å². The largest absolute Gasteiger partial charge is 0.296 e. The molecule has 3 N–H and O–H groups in total. The molecular formula is C14H25N3S. The highest BCUT2D eigenvalue weighted by Crippen LogP contribution is 2.37. The second kappa shape index (κ2) is 5.70. The summed E-state index contributed by atoms with van der Waals surface area (Å²) in [5.74, 6) is 5.87. The van der Waals surface area contributed by atoms with Gasteiger partial charge in [0, 0.05) is 10.4 Å². The molecule has 0 saturated carbocycles. The number of nitrogens with zero attached hydrogens (tertiary/aromatic N) is 1. The predicted molar refractivity (Wildman–Crippen MR) is 78.6 cm³/mol. The van der Waals surface area contributed by atoms with Crippen LogP contribution in [0, 0.1) is 6.92 Å². The van der Waals surface area contributed by atoms with Crippen LogP contribution in [-0.4, -0.2) is 23.5 Å². The molecule has 2 unspecified atom stereocenters. The van der Waals surface area contributed by atoms with Gasteiger partial charge in [-0.2, -0.15) is 0 Å². The fourth-order valence-corrected chi connectivity index (χ4v) is 3.82. The van der Waals surface area contributed by atoms with Gasteiger partial charge in [0.1, 0.15) is 0 Å². The third-order valence-electron chi connectivity index (χ3n) is 4.42. The van der Waals surface area contributed by atoms with Crippen molar-refractivity contribution in [1.82, 2.24) is 10.3 Å². The second-order valence-corrected chi connectivity index (χ2v) is 6.61. The van der Waals surface area contributed by atoms with Crippen LogP contribution < -0.4 is 11.3 Å². The molecule has 2 atom stereocenters. The van der Waals surface area contributed by atoms with Crippen molar-refractivity contribution in [2.45, 2.75) is 51.6 Å². The molecule has 0 aromatic carbocycles. The van der Waals surface area contributed by atoms with Crippen molar-refractivity contribution in [3.05, 3.63) is 21.9 Å². The molecule has 0 radical (unpaired) electrons. The molecule has 102 valence electrons. The Hall–Kier alpha value is -0.420. The van der Waals surface area contributed by atoms with Crippen molar-refractivity contribution in [2.75, 3.05) is 13.1 Å². The topological polar surface area (TPSA) is 41.3 Å². The maximum Gasteiger partial charge on any atom is 0.0649 e. The first-order valence-electron chi connectivity index (χ1n) is 6.88. The zero-order valence-electron chi connectivity index (χ0n) is 11.7. The van der Waals surface area contributed by atoms with Gasteiger partial charge in [0.05, 0.1) is 6.04 Å². The molecule has 1 aromatic rings. The molecule has 1 fully saturated rings. The number of hydrogen-bond donors (Lipinski definition) is 2. The Bertz CT molecular complexity index is 384. The lowest BCUT2D eigenvalue weighted by Crippen LogP contribution is -2.54. The van der Waals surface area contributed by atoms with Crippen molar-refractivity contribution in [1.29, 1.82) is 0 Å². The molecule has 2 rings (SSSR count). The van der Waals surface area contributed by atoms with Crippen LogP contribution in [-0.2, 0) is 0 Å². The molecule has 1 aliphatic heterocycles. The summed E-state index contributed by atoms with van der Waals surface area (Å²) in [6, 6.07) is 2.48. The molecule has 18 heavy (non-hydrogen) atoms. The summed E-state index contributed by atoms with van der Waals surface area (Å²) in [6.07, 6.45) is 3.74. The normalized spacial score (nSPS) is 22.0. The van der Waals surface area contributed by atoms with Gasteiger partial charge in [0.2, 0.25) is 0 Å². The molecule has 0 spiro atoms. The zero-order chi connectivity index (χ0) is 13.2. The van der Waals surface area contributed by atoms with E-state index in [9.17, 15) is 0 Å². The number of likely N-dealkylation sites (tertiary alicyclic amines) is 1. The predicted octanol–water partition coefficient (Wildman–Crippen LogP) is 2.83. The van der Waals surface area contributed by atoms with E-state index in [1.807, 2.05) is 0 Å². The summed E-state index contributed by atoms with van der Waals surface area (Å²) in [5, 5.41) is 2.24. The van der Waals surface area contributed by atoms with E-state index in [-0.39, 0.29) is 11.6 Å². The number of rotatable bonds is 5. The third-order valence-corrected chi connectivity index (χ3v) is 5.30. The molecule has 1 aromatic heterocycles. The van der Waals surface area contributed by atoms with Crippen LogP contribution in [0.2, 0.25) is 0 Å². The molecule has 1 saturated heterocycles. The first-order valence-corrected chi connectivity index (χ1v) is 7.76. The lowest BCUT2D eigenvalue weighted by molar-refractivity contribution is 0.0842. The molecule has 3 nitrogen and oxygen atoms in total. The van der Waals surface area contributed by atoms with Gasteiger partial charge in [-0.3, -0.25) is 16.2 Å². The van der Waals surface area contributed by atoms with Crippen molar-refractivity contribution < 1.29 is 0 Å². The minimum absolute atomic E-state index is 0.110. The van der Waals surface area contributed by atoms with Crippen LogP contribution in [0.4, 0.5) is 0 Å². The SMILES string of the molecule is CCC(C)(C(NN)c1csc(C)c1)N1CCCC1. The number of hydrazine groups is 1. The summed E-state index contributed by atoms with van der Waals surface area (Å²) >= 11 is 1.80. The zero-order valence-corrected chi connectivity index (χ0v) is 12.5. The van der Waals surface area contributed by atoms with Crippen molar-refractivity contribution in [3.8, 4) is 0 Å². The average Bonchev–Trinajstić information content (AvgIpc) is 3.01. The van der Waals surface area contributed by atoms with E-state index in [1.165, 1.54) is 36.4 Å². The minimum Gasteiger partial charge on any atom is -0.296 e. The van der Waals surface area contributed by atoms with Gasteiger partial charge < -0.3 is 0 Å². The first-order chi connectivity index (χ1) is 8.61. The fraction of sp³-hybridized carbons (Fsp3) is 0.714. The number of thiophene rings is 1. The van der Waals surface area contributed by atoms with Gasteiger partial charge in [-0.15, -0.1) is 11.3 Å². The average molecular weight is 267 g/mol. The number of nitrogens with one attached hydrogen (secondary N) is 1. The lowest BCUT2D eigenvalue weighted by atomic mass is 9.84. The van der Waals surface area contributed by atoms with Gasteiger partial charge in [-0.05, 0) is 63.2 Å². The lowest BCUT2D eigenvalue weighted by Gasteiger charge is -2.44. The monoisotopic (exact) mass is 267 g/mol. The Morgan fingerprint density at radius 3 is 2.61 bits per heavy atom. The Morgan fingerprint density at radius 2 is 2.17 bits per heavy atom. The molecule has 0 aliphatic carbocycles. The van der Waals surface area contributed by atoms with Gasteiger partial charge in [0.15, 0.2) is 0 Å². The highest BCUT2D eigenvalue weighted by atomic mass is 32.1. The smallest absolute Gasteiger partial charge is 0.0649 e. The highest BCUT2D eigenvalue weighted by Gasteiger charge is 2.40. The highest BCUT2D eigenvalue weighted by molar-refractivity contribution is 7.10. The van der Waals surface area contributed by atoms with E-state index in [0.717, 1.165) is 6.42 Å². The Kier molecular flexibility index (Phi) is 4.43. The van der Waals surface area contributed by atoms with E-state index in [1.54, 1.807) is 11.3 Å².